The molecule has 0 N–H and O–H groups in total. The van der Waals surface area contributed by atoms with Crippen LogP contribution in [0.25, 0.3) is 0 Å². The zero-order valence-corrected chi connectivity index (χ0v) is 12.7. The molecular weight excluding hydrogens is 274 g/mol. The van der Waals surface area contributed by atoms with Crippen molar-refractivity contribution in [1.82, 2.24) is 4.90 Å². The van der Waals surface area contributed by atoms with E-state index in [0.717, 1.165) is 32.2 Å². The van der Waals surface area contributed by atoms with Crippen LogP contribution < -0.4 is 4.74 Å². The molecule has 0 spiro atoms. The Labute approximate surface area is 125 Å². The number of hydrogen-bond acceptors (Lipinski definition) is 2. The normalized spacial score (nSPS) is 18.3. The molecule has 1 heterocycles. The number of alkyl halides is 1. The Morgan fingerprint density at radius 2 is 2.25 bits per heavy atom. The van der Waals surface area contributed by atoms with Gasteiger partial charge in [0.05, 0.1) is 12.2 Å². The highest BCUT2D eigenvalue weighted by atomic mass is 35.5. The monoisotopic (exact) mass is 295 g/mol. The molecule has 3 nitrogen and oxygen atoms in total. The van der Waals surface area contributed by atoms with Gasteiger partial charge in [0, 0.05) is 18.5 Å². The third-order valence-corrected chi connectivity index (χ3v) is 3.99. The molecule has 1 aromatic carbocycles. The first-order valence-corrected chi connectivity index (χ1v) is 7.90. The zero-order chi connectivity index (χ0) is 14.4. The standard InChI is InChI=1S/C16H22ClNO2/c1-2-20-15-10-4-3-9-14(15)16(19)18-12-6-8-13(18)7-5-11-17/h3-4,9-10,13H,2,5-8,11-12H2,1H3. The first-order valence-electron chi connectivity index (χ1n) is 7.36. The van der Waals surface area contributed by atoms with E-state index < -0.39 is 0 Å². The van der Waals surface area contributed by atoms with Crippen LogP contribution in [0, 0.1) is 0 Å². The number of benzene rings is 1. The fraction of sp³-hybridized carbons (Fsp3) is 0.562. The van der Waals surface area contributed by atoms with E-state index in [1.54, 1.807) is 0 Å². The Hall–Kier alpha value is -1.22. The molecule has 0 bridgehead atoms. The average Bonchev–Trinajstić information content (AvgIpc) is 2.93. The smallest absolute Gasteiger partial charge is 0.257 e. The minimum absolute atomic E-state index is 0.0890. The Bertz CT molecular complexity index is 450. The van der Waals surface area contributed by atoms with Gasteiger partial charge in [-0.2, -0.15) is 0 Å². The third kappa shape index (κ3) is 3.45. The molecule has 1 amide bonds. The van der Waals surface area contributed by atoms with E-state index in [0.29, 0.717) is 29.8 Å². The molecule has 1 saturated heterocycles. The number of hydrogen-bond donors (Lipinski definition) is 0. The van der Waals surface area contributed by atoms with E-state index in [9.17, 15) is 4.79 Å². The van der Waals surface area contributed by atoms with Crippen molar-refractivity contribution in [3.8, 4) is 5.75 Å². The zero-order valence-electron chi connectivity index (χ0n) is 12.0. The molecule has 0 saturated carbocycles. The van der Waals surface area contributed by atoms with Crippen molar-refractivity contribution in [2.24, 2.45) is 0 Å². The Morgan fingerprint density at radius 3 is 3.00 bits per heavy atom. The van der Waals surface area contributed by atoms with Crippen molar-refractivity contribution in [3.05, 3.63) is 29.8 Å². The summed E-state index contributed by atoms with van der Waals surface area (Å²) in [5.41, 5.74) is 0.673. The molecule has 1 aliphatic heterocycles. The summed E-state index contributed by atoms with van der Waals surface area (Å²) in [5, 5.41) is 0. The van der Waals surface area contributed by atoms with Gasteiger partial charge in [0.25, 0.3) is 5.91 Å². The maximum atomic E-state index is 12.7. The van der Waals surface area contributed by atoms with Crippen molar-refractivity contribution < 1.29 is 9.53 Å². The highest BCUT2D eigenvalue weighted by Gasteiger charge is 2.30. The molecule has 0 aliphatic carbocycles. The van der Waals surface area contributed by atoms with Crippen molar-refractivity contribution in [2.45, 2.75) is 38.6 Å². The topological polar surface area (TPSA) is 29.5 Å². The highest BCUT2D eigenvalue weighted by Crippen LogP contribution is 2.27. The maximum Gasteiger partial charge on any atom is 0.257 e. The van der Waals surface area contributed by atoms with Gasteiger partial charge in [0.2, 0.25) is 0 Å². The predicted molar refractivity (Wildman–Crippen MR) is 81.6 cm³/mol. The second kappa shape index (κ2) is 7.53. The van der Waals surface area contributed by atoms with Crippen LogP contribution in [0.1, 0.15) is 43.0 Å². The molecule has 1 fully saturated rings. The molecule has 110 valence electrons. The fourth-order valence-electron chi connectivity index (χ4n) is 2.80. The van der Waals surface area contributed by atoms with Crippen LogP contribution >= 0.6 is 11.6 Å². The van der Waals surface area contributed by atoms with Gasteiger partial charge in [-0.3, -0.25) is 4.79 Å². The van der Waals surface area contributed by atoms with E-state index in [-0.39, 0.29) is 5.91 Å². The van der Waals surface area contributed by atoms with Crippen LogP contribution in [0.3, 0.4) is 0 Å². The molecule has 1 atom stereocenters. The summed E-state index contributed by atoms with van der Waals surface area (Å²) in [7, 11) is 0. The van der Waals surface area contributed by atoms with Crippen LogP contribution in [0.4, 0.5) is 0 Å². The van der Waals surface area contributed by atoms with Gasteiger partial charge in [-0.25, -0.2) is 0 Å². The van der Waals surface area contributed by atoms with E-state index in [4.69, 9.17) is 16.3 Å². The molecule has 1 unspecified atom stereocenters. The van der Waals surface area contributed by atoms with Gasteiger partial charge in [0.15, 0.2) is 0 Å². The minimum atomic E-state index is 0.0890. The number of carbonyl (C=O) groups excluding carboxylic acids is 1. The van der Waals surface area contributed by atoms with E-state index in [2.05, 4.69) is 0 Å². The molecule has 2 rings (SSSR count). The van der Waals surface area contributed by atoms with Crippen molar-refractivity contribution in [2.75, 3.05) is 19.0 Å². The van der Waals surface area contributed by atoms with Crippen LogP contribution in [-0.4, -0.2) is 35.9 Å². The number of carbonyl (C=O) groups is 1. The largest absolute Gasteiger partial charge is 0.493 e. The van der Waals surface area contributed by atoms with Gasteiger partial charge < -0.3 is 9.64 Å². The summed E-state index contributed by atoms with van der Waals surface area (Å²) in [6.07, 6.45) is 4.12. The van der Waals surface area contributed by atoms with Crippen molar-refractivity contribution in [1.29, 1.82) is 0 Å². The first kappa shape index (κ1) is 15.2. The summed E-state index contributed by atoms with van der Waals surface area (Å²) < 4.78 is 5.57. The molecule has 4 heteroatoms. The van der Waals surface area contributed by atoms with Gasteiger partial charge >= 0.3 is 0 Å². The number of likely N-dealkylation sites (tertiary alicyclic amines) is 1. The lowest BCUT2D eigenvalue weighted by atomic mass is 10.1. The Morgan fingerprint density at radius 1 is 1.45 bits per heavy atom. The first-order chi connectivity index (χ1) is 9.77. The predicted octanol–water partition coefficient (Wildman–Crippen LogP) is 3.71. The number of amides is 1. The number of nitrogens with zero attached hydrogens (tertiary/aromatic N) is 1. The molecule has 1 aromatic rings. The lowest BCUT2D eigenvalue weighted by Crippen LogP contribution is -2.35. The average molecular weight is 296 g/mol. The fourth-order valence-corrected chi connectivity index (χ4v) is 2.95. The van der Waals surface area contributed by atoms with Gasteiger partial charge in [-0.15, -0.1) is 11.6 Å². The Balaban J connectivity index is 2.13. The summed E-state index contributed by atoms with van der Waals surface area (Å²) in [6, 6.07) is 7.83. The number of rotatable bonds is 6. The van der Waals surface area contributed by atoms with Crippen molar-refractivity contribution in [3.63, 3.8) is 0 Å². The van der Waals surface area contributed by atoms with Crippen molar-refractivity contribution >= 4 is 17.5 Å². The lowest BCUT2D eigenvalue weighted by molar-refractivity contribution is 0.0726. The van der Waals surface area contributed by atoms with E-state index in [1.165, 1.54) is 0 Å². The number of halogens is 1. The number of ether oxygens (including phenoxy) is 1. The van der Waals surface area contributed by atoms with Crippen LogP contribution in [0.2, 0.25) is 0 Å². The second-order valence-electron chi connectivity index (χ2n) is 5.05. The summed E-state index contributed by atoms with van der Waals surface area (Å²) in [6.45, 7) is 3.34. The number of para-hydroxylation sites is 1. The lowest BCUT2D eigenvalue weighted by Gasteiger charge is -2.25. The van der Waals surface area contributed by atoms with E-state index in [1.807, 2.05) is 36.1 Å². The summed E-state index contributed by atoms with van der Waals surface area (Å²) in [5.74, 6) is 1.43. The third-order valence-electron chi connectivity index (χ3n) is 3.73. The van der Waals surface area contributed by atoms with Gasteiger partial charge in [0.1, 0.15) is 5.75 Å². The quantitative estimate of drug-likeness (QED) is 0.749. The van der Waals surface area contributed by atoms with Gasteiger partial charge in [-0.1, -0.05) is 12.1 Å². The molecule has 0 aromatic heterocycles. The van der Waals surface area contributed by atoms with Gasteiger partial charge in [-0.05, 0) is 44.7 Å². The highest BCUT2D eigenvalue weighted by molar-refractivity contribution is 6.17. The molecule has 1 aliphatic rings. The Kier molecular flexibility index (Phi) is 5.72. The molecule has 20 heavy (non-hydrogen) atoms. The molecule has 0 radical (unpaired) electrons. The summed E-state index contributed by atoms with van der Waals surface area (Å²) >= 11 is 5.77. The van der Waals surface area contributed by atoms with Crippen LogP contribution in [0.5, 0.6) is 5.75 Å². The van der Waals surface area contributed by atoms with E-state index >= 15 is 0 Å². The maximum absolute atomic E-state index is 12.7. The second-order valence-corrected chi connectivity index (χ2v) is 5.43. The SMILES string of the molecule is CCOc1ccccc1C(=O)N1CCCC1CCCCl. The van der Waals surface area contributed by atoms with Crippen LogP contribution in [0.15, 0.2) is 24.3 Å². The molecular formula is C16H22ClNO2. The van der Waals surface area contributed by atoms with Crippen LogP contribution in [-0.2, 0) is 0 Å². The summed E-state index contributed by atoms with van der Waals surface area (Å²) in [4.78, 5) is 14.7. The minimum Gasteiger partial charge on any atom is -0.493 e.